The predicted molar refractivity (Wildman–Crippen MR) is 71.7 cm³/mol. The minimum absolute atomic E-state index is 0.121. The molecular formula is C16H15NO. The Morgan fingerprint density at radius 2 is 1.94 bits per heavy atom. The smallest absolute Gasteiger partial charge is 0.131 e. The van der Waals surface area contributed by atoms with Gasteiger partial charge in [0.15, 0.2) is 0 Å². The molecule has 0 bridgehead atoms. The highest BCUT2D eigenvalue weighted by Crippen LogP contribution is 2.39. The van der Waals surface area contributed by atoms with Gasteiger partial charge < -0.3 is 4.74 Å². The molecule has 2 nitrogen and oxygen atoms in total. The first-order chi connectivity index (χ1) is 8.61. The Kier molecular flexibility index (Phi) is 2.31. The van der Waals surface area contributed by atoms with E-state index in [9.17, 15) is 5.26 Å². The van der Waals surface area contributed by atoms with Crippen LogP contribution in [-0.4, -0.2) is 5.60 Å². The maximum absolute atomic E-state index is 9.25. The Morgan fingerprint density at radius 3 is 2.67 bits per heavy atom. The van der Waals surface area contributed by atoms with E-state index in [2.05, 4.69) is 19.9 Å². The molecule has 2 aromatic carbocycles. The van der Waals surface area contributed by atoms with Crippen molar-refractivity contribution in [3.8, 4) is 11.8 Å². The second-order valence-corrected chi connectivity index (χ2v) is 5.43. The topological polar surface area (TPSA) is 33.0 Å². The standard InChI is InChI=1S/C16H15NO/c1-16(2)8-7-11-9-12(10-17)13-5-3-4-6-14(13)15(11)18-16/h3-6,9H,7-8H2,1-2H3. The molecule has 0 saturated heterocycles. The van der Waals surface area contributed by atoms with Crippen LogP contribution in [0.5, 0.6) is 5.75 Å². The molecule has 18 heavy (non-hydrogen) atoms. The summed E-state index contributed by atoms with van der Waals surface area (Å²) >= 11 is 0. The molecule has 90 valence electrons. The summed E-state index contributed by atoms with van der Waals surface area (Å²) in [5.41, 5.74) is 1.78. The molecule has 0 saturated carbocycles. The largest absolute Gasteiger partial charge is 0.487 e. The van der Waals surface area contributed by atoms with Crippen molar-refractivity contribution in [2.24, 2.45) is 0 Å². The Balaban J connectivity index is 2.33. The monoisotopic (exact) mass is 237 g/mol. The number of hydrogen-bond donors (Lipinski definition) is 0. The zero-order valence-corrected chi connectivity index (χ0v) is 10.7. The van der Waals surface area contributed by atoms with Crippen molar-refractivity contribution in [3.05, 3.63) is 41.5 Å². The average molecular weight is 237 g/mol. The van der Waals surface area contributed by atoms with E-state index in [0.29, 0.717) is 0 Å². The van der Waals surface area contributed by atoms with Gasteiger partial charge in [-0.05, 0) is 38.3 Å². The van der Waals surface area contributed by atoms with Crippen LogP contribution in [0.1, 0.15) is 31.4 Å². The van der Waals surface area contributed by atoms with E-state index in [4.69, 9.17) is 4.74 Å². The highest BCUT2D eigenvalue weighted by molar-refractivity contribution is 5.94. The molecule has 0 aromatic heterocycles. The van der Waals surface area contributed by atoms with Gasteiger partial charge in [0.25, 0.3) is 0 Å². The van der Waals surface area contributed by atoms with Crippen molar-refractivity contribution in [1.82, 2.24) is 0 Å². The average Bonchev–Trinajstić information content (AvgIpc) is 2.37. The maximum Gasteiger partial charge on any atom is 0.131 e. The van der Waals surface area contributed by atoms with E-state index in [0.717, 1.165) is 40.5 Å². The Labute approximate surface area is 107 Å². The van der Waals surface area contributed by atoms with Crippen LogP contribution < -0.4 is 4.74 Å². The van der Waals surface area contributed by atoms with Gasteiger partial charge in [-0.15, -0.1) is 0 Å². The van der Waals surface area contributed by atoms with Crippen LogP contribution in [0.3, 0.4) is 0 Å². The molecule has 3 rings (SSSR count). The normalized spacial score (nSPS) is 16.7. The van der Waals surface area contributed by atoms with E-state index in [1.54, 1.807) is 0 Å². The summed E-state index contributed by atoms with van der Waals surface area (Å²) in [6.45, 7) is 4.23. The van der Waals surface area contributed by atoms with Crippen molar-refractivity contribution < 1.29 is 4.74 Å². The number of nitriles is 1. The molecule has 0 radical (unpaired) electrons. The molecule has 0 spiro atoms. The van der Waals surface area contributed by atoms with Gasteiger partial charge in [0.1, 0.15) is 11.4 Å². The second-order valence-electron chi connectivity index (χ2n) is 5.43. The van der Waals surface area contributed by atoms with Gasteiger partial charge in [-0.2, -0.15) is 5.26 Å². The number of nitrogens with zero attached hydrogens (tertiary/aromatic N) is 1. The first-order valence-electron chi connectivity index (χ1n) is 6.24. The van der Waals surface area contributed by atoms with Gasteiger partial charge in [0.05, 0.1) is 11.6 Å². The third-order valence-corrected chi connectivity index (χ3v) is 3.57. The molecule has 1 aliphatic heterocycles. The summed E-state index contributed by atoms with van der Waals surface area (Å²) in [4.78, 5) is 0. The van der Waals surface area contributed by atoms with Gasteiger partial charge in [-0.1, -0.05) is 24.3 Å². The van der Waals surface area contributed by atoms with E-state index >= 15 is 0 Å². The molecule has 0 fully saturated rings. The number of benzene rings is 2. The molecule has 2 aromatic rings. The van der Waals surface area contributed by atoms with Crippen molar-refractivity contribution in [1.29, 1.82) is 5.26 Å². The van der Waals surface area contributed by atoms with Crippen molar-refractivity contribution in [2.75, 3.05) is 0 Å². The first-order valence-corrected chi connectivity index (χ1v) is 6.24. The van der Waals surface area contributed by atoms with E-state index < -0.39 is 0 Å². The van der Waals surface area contributed by atoms with Crippen LogP contribution in [0.4, 0.5) is 0 Å². The predicted octanol–water partition coefficient (Wildman–Crippen LogP) is 3.82. The van der Waals surface area contributed by atoms with Crippen LogP contribution in [0.2, 0.25) is 0 Å². The zero-order chi connectivity index (χ0) is 12.8. The van der Waals surface area contributed by atoms with Gasteiger partial charge in [0, 0.05) is 10.8 Å². The lowest BCUT2D eigenvalue weighted by Gasteiger charge is -2.33. The Bertz CT molecular complexity index is 665. The quantitative estimate of drug-likeness (QED) is 0.698. The van der Waals surface area contributed by atoms with Gasteiger partial charge in [-0.3, -0.25) is 0 Å². The lowest BCUT2D eigenvalue weighted by atomic mass is 9.90. The number of fused-ring (bicyclic) bond motifs is 3. The summed E-state index contributed by atoms with van der Waals surface area (Å²) in [7, 11) is 0. The number of ether oxygens (including phenoxy) is 1. The lowest BCUT2D eigenvalue weighted by Crippen LogP contribution is -2.32. The number of rotatable bonds is 0. The van der Waals surface area contributed by atoms with Gasteiger partial charge in [-0.25, -0.2) is 0 Å². The number of hydrogen-bond acceptors (Lipinski definition) is 2. The zero-order valence-electron chi connectivity index (χ0n) is 10.7. The summed E-state index contributed by atoms with van der Waals surface area (Å²) in [5.74, 6) is 0.959. The van der Waals surface area contributed by atoms with E-state index in [-0.39, 0.29) is 5.60 Å². The molecule has 2 heteroatoms. The maximum atomic E-state index is 9.25. The van der Waals surface area contributed by atoms with Crippen LogP contribution >= 0.6 is 0 Å². The third kappa shape index (κ3) is 1.64. The lowest BCUT2D eigenvalue weighted by molar-refractivity contribution is 0.0868. The Morgan fingerprint density at radius 1 is 1.22 bits per heavy atom. The fourth-order valence-electron chi connectivity index (χ4n) is 2.57. The van der Waals surface area contributed by atoms with Crippen molar-refractivity contribution in [2.45, 2.75) is 32.3 Å². The van der Waals surface area contributed by atoms with Crippen LogP contribution in [0, 0.1) is 11.3 Å². The molecule has 0 unspecified atom stereocenters. The second kappa shape index (κ2) is 3.74. The molecule has 1 aliphatic rings. The van der Waals surface area contributed by atoms with Crippen molar-refractivity contribution >= 4 is 10.8 Å². The highest BCUT2D eigenvalue weighted by atomic mass is 16.5. The third-order valence-electron chi connectivity index (χ3n) is 3.57. The van der Waals surface area contributed by atoms with Crippen LogP contribution in [-0.2, 0) is 6.42 Å². The van der Waals surface area contributed by atoms with Gasteiger partial charge >= 0.3 is 0 Å². The summed E-state index contributed by atoms with van der Waals surface area (Å²) in [6, 6.07) is 12.2. The van der Waals surface area contributed by atoms with Crippen molar-refractivity contribution in [3.63, 3.8) is 0 Å². The van der Waals surface area contributed by atoms with E-state index in [1.165, 1.54) is 0 Å². The fourth-order valence-corrected chi connectivity index (χ4v) is 2.57. The molecule has 0 amide bonds. The van der Waals surface area contributed by atoms with E-state index in [1.807, 2.05) is 30.3 Å². The summed E-state index contributed by atoms with van der Waals surface area (Å²) in [5, 5.41) is 11.3. The summed E-state index contributed by atoms with van der Waals surface area (Å²) < 4.78 is 6.12. The minimum Gasteiger partial charge on any atom is -0.487 e. The first kappa shape index (κ1) is 11.1. The molecular weight excluding hydrogens is 222 g/mol. The molecule has 0 aliphatic carbocycles. The van der Waals surface area contributed by atoms with Gasteiger partial charge in [0.2, 0.25) is 0 Å². The summed E-state index contributed by atoms with van der Waals surface area (Å²) in [6.07, 6.45) is 1.96. The molecule has 1 heterocycles. The molecule has 0 atom stereocenters. The molecule has 0 N–H and O–H groups in total. The van der Waals surface area contributed by atoms with Crippen LogP contribution in [0.15, 0.2) is 30.3 Å². The fraction of sp³-hybridized carbons (Fsp3) is 0.312. The van der Waals surface area contributed by atoms with Crippen LogP contribution in [0.25, 0.3) is 10.8 Å². The number of aryl methyl sites for hydroxylation is 1. The SMILES string of the molecule is CC1(C)CCc2cc(C#N)c3ccccc3c2O1. The minimum atomic E-state index is -0.121. The highest BCUT2D eigenvalue weighted by Gasteiger charge is 2.28. The Hall–Kier alpha value is -2.01.